The highest BCUT2D eigenvalue weighted by Crippen LogP contribution is 2.17. The number of rotatable bonds is 6. The fourth-order valence-corrected chi connectivity index (χ4v) is 2.33. The normalized spacial score (nSPS) is 10.1. The first-order valence-electron chi connectivity index (χ1n) is 6.80. The van der Waals surface area contributed by atoms with Gasteiger partial charge < -0.3 is 11.1 Å². The molecular formula is C14H19BrClN5O. The van der Waals surface area contributed by atoms with Crippen LogP contribution in [0.25, 0.3) is 5.69 Å². The largest absolute Gasteiger partial charge is 0.351 e. The molecule has 3 N–H and O–H groups in total. The molecule has 1 aromatic heterocycles. The summed E-state index contributed by atoms with van der Waals surface area (Å²) in [5.74, 6) is -0.203. The van der Waals surface area contributed by atoms with Crippen molar-refractivity contribution >= 4 is 34.2 Å². The van der Waals surface area contributed by atoms with Crippen LogP contribution < -0.4 is 11.1 Å². The minimum atomic E-state index is -0.203. The number of hydrogen-bond acceptors (Lipinski definition) is 4. The molecule has 0 aliphatic heterocycles. The number of benzene rings is 1. The summed E-state index contributed by atoms with van der Waals surface area (Å²) in [6.45, 7) is 3.06. The molecule has 1 amide bonds. The first kappa shape index (κ1) is 18.6. The van der Waals surface area contributed by atoms with Crippen molar-refractivity contribution in [1.82, 2.24) is 20.3 Å². The third kappa shape index (κ3) is 4.53. The molecule has 8 heteroatoms. The van der Waals surface area contributed by atoms with E-state index in [9.17, 15) is 4.79 Å². The molecule has 120 valence electrons. The first-order valence-corrected chi connectivity index (χ1v) is 7.59. The van der Waals surface area contributed by atoms with Gasteiger partial charge in [-0.25, -0.2) is 4.68 Å². The Hall–Kier alpha value is -1.44. The summed E-state index contributed by atoms with van der Waals surface area (Å²) in [5.41, 5.74) is 7.34. The van der Waals surface area contributed by atoms with E-state index in [-0.39, 0.29) is 18.3 Å². The van der Waals surface area contributed by atoms with Crippen LogP contribution in [0, 0.1) is 6.92 Å². The van der Waals surface area contributed by atoms with Crippen molar-refractivity contribution in [3.63, 3.8) is 0 Å². The number of hydrogen-bond donors (Lipinski definition) is 2. The Kier molecular flexibility index (Phi) is 7.50. The van der Waals surface area contributed by atoms with Gasteiger partial charge in [0.05, 0.1) is 11.4 Å². The maximum atomic E-state index is 12.1. The van der Waals surface area contributed by atoms with Crippen LogP contribution in [-0.2, 0) is 0 Å². The van der Waals surface area contributed by atoms with Crippen molar-refractivity contribution in [3.05, 3.63) is 40.1 Å². The molecule has 0 bridgehead atoms. The second-order valence-corrected chi connectivity index (χ2v) is 5.58. The molecule has 0 spiro atoms. The Morgan fingerprint density at radius 3 is 2.86 bits per heavy atom. The van der Waals surface area contributed by atoms with Crippen LogP contribution in [0.4, 0.5) is 0 Å². The van der Waals surface area contributed by atoms with Gasteiger partial charge in [-0.3, -0.25) is 4.79 Å². The molecule has 0 fully saturated rings. The number of unbranched alkanes of at least 4 members (excludes halogenated alkanes) is 1. The highest BCUT2D eigenvalue weighted by atomic mass is 79.9. The van der Waals surface area contributed by atoms with Crippen LogP contribution >= 0.6 is 28.3 Å². The lowest BCUT2D eigenvalue weighted by atomic mass is 10.2. The van der Waals surface area contributed by atoms with Gasteiger partial charge in [-0.1, -0.05) is 27.2 Å². The Bertz CT molecular complexity index is 631. The molecule has 1 heterocycles. The third-order valence-electron chi connectivity index (χ3n) is 3.08. The van der Waals surface area contributed by atoms with Gasteiger partial charge in [0.2, 0.25) is 0 Å². The molecule has 6 nitrogen and oxygen atoms in total. The number of carbonyl (C=O) groups excluding carboxylic acids is 1. The zero-order valence-electron chi connectivity index (χ0n) is 12.3. The van der Waals surface area contributed by atoms with E-state index in [2.05, 4.69) is 31.6 Å². The predicted octanol–water partition coefficient (Wildman–Crippen LogP) is 2.23. The summed E-state index contributed by atoms with van der Waals surface area (Å²) >= 11 is 3.42. The van der Waals surface area contributed by atoms with Crippen LogP contribution in [0.3, 0.4) is 0 Å². The smallest absolute Gasteiger partial charge is 0.273 e. The molecule has 2 rings (SSSR count). The highest BCUT2D eigenvalue weighted by molar-refractivity contribution is 9.10. The second-order valence-electron chi connectivity index (χ2n) is 4.67. The standard InChI is InChI=1S/C14H18BrN5O.ClH/c1-10-13(14(21)17-8-3-2-7-16)18-19-20(10)12-6-4-5-11(15)9-12;/h4-6,9H,2-3,7-8,16H2,1H3,(H,17,21);1H. The third-order valence-corrected chi connectivity index (χ3v) is 3.57. The van der Waals surface area contributed by atoms with E-state index in [1.54, 1.807) is 4.68 Å². The van der Waals surface area contributed by atoms with Crippen LogP contribution in [0.5, 0.6) is 0 Å². The van der Waals surface area contributed by atoms with E-state index in [0.717, 1.165) is 23.0 Å². The van der Waals surface area contributed by atoms with Gasteiger partial charge in [-0.05, 0) is 44.5 Å². The molecule has 0 aliphatic carbocycles. The topological polar surface area (TPSA) is 85.8 Å². The highest BCUT2D eigenvalue weighted by Gasteiger charge is 2.16. The minimum Gasteiger partial charge on any atom is -0.351 e. The molecule has 0 unspecified atom stereocenters. The van der Waals surface area contributed by atoms with Crippen molar-refractivity contribution in [2.75, 3.05) is 13.1 Å². The number of halogens is 2. The van der Waals surface area contributed by atoms with Crippen molar-refractivity contribution in [2.24, 2.45) is 5.73 Å². The summed E-state index contributed by atoms with van der Waals surface area (Å²) < 4.78 is 2.60. The number of carbonyl (C=O) groups is 1. The predicted molar refractivity (Wildman–Crippen MR) is 91.7 cm³/mol. The Morgan fingerprint density at radius 2 is 2.18 bits per heavy atom. The molecule has 0 radical (unpaired) electrons. The van der Waals surface area contributed by atoms with E-state index < -0.39 is 0 Å². The number of aromatic nitrogens is 3. The number of nitrogens with two attached hydrogens (primary N) is 1. The maximum Gasteiger partial charge on any atom is 0.273 e. The summed E-state index contributed by atoms with van der Waals surface area (Å²) in [5, 5.41) is 10.9. The molecule has 0 saturated carbocycles. The Balaban J connectivity index is 0.00000242. The summed E-state index contributed by atoms with van der Waals surface area (Å²) in [6.07, 6.45) is 1.76. The number of nitrogens with zero attached hydrogens (tertiary/aromatic N) is 3. The second kappa shape index (κ2) is 8.87. The Labute approximate surface area is 144 Å². The lowest BCUT2D eigenvalue weighted by Gasteiger charge is -2.05. The van der Waals surface area contributed by atoms with E-state index in [1.807, 2.05) is 31.2 Å². The van der Waals surface area contributed by atoms with Crippen LogP contribution in [0.15, 0.2) is 28.7 Å². The van der Waals surface area contributed by atoms with Gasteiger partial charge in [0.1, 0.15) is 0 Å². The molecular weight excluding hydrogens is 370 g/mol. The summed E-state index contributed by atoms with van der Waals surface area (Å²) in [6, 6.07) is 7.67. The lowest BCUT2D eigenvalue weighted by Crippen LogP contribution is -2.26. The summed E-state index contributed by atoms with van der Waals surface area (Å²) in [7, 11) is 0. The maximum absolute atomic E-state index is 12.1. The van der Waals surface area contributed by atoms with Crippen molar-refractivity contribution in [3.8, 4) is 5.69 Å². The fraction of sp³-hybridized carbons (Fsp3) is 0.357. The van der Waals surface area contributed by atoms with Gasteiger partial charge in [0.25, 0.3) is 5.91 Å². The first-order chi connectivity index (χ1) is 10.1. The van der Waals surface area contributed by atoms with E-state index in [1.165, 1.54) is 0 Å². The minimum absolute atomic E-state index is 0. The molecule has 0 aliphatic rings. The average molecular weight is 389 g/mol. The quantitative estimate of drug-likeness (QED) is 0.743. The van der Waals surface area contributed by atoms with Gasteiger partial charge in [0, 0.05) is 11.0 Å². The van der Waals surface area contributed by atoms with Gasteiger partial charge >= 0.3 is 0 Å². The zero-order valence-corrected chi connectivity index (χ0v) is 14.7. The SMILES string of the molecule is Cc1c(C(=O)NCCCCN)nnn1-c1cccc(Br)c1.Cl. The van der Waals surface area contributed by atoms with Crippen molar-refractivity contribution in [2.45, 2.75) is 19.8 Å². The zero-order chi connectivity index (χ0) is 15.2. The molecule has 2 aromatic rings. The molecule has 0 atom stereocenters. The van der Waals surface area contributed by atoms with Crippen LogP contribution in [0.2, 0.25) is 0 Å². The number of amides is 1. The average Bonchev–Trinajstić information content (AvgIpc) is 2.85. The molecule has 22 heavy (non-hydrogen) atoms. The van der Waals surface area contributed by atoms with Crippen molar-refractivity contribution < 1.29 is 4.79 Å². The van der Waals surface area contributed by atoms with Gasteiger partial charge in [0.15, 0.2) is 5.69 Å². The monoisotopic (exact) mass is 387 g/mol. The Morgan fingerprint density at radius 1 is 1.41 bits per heavy atom. The number of nitrogens with one attached hydrogen (secondary N) is 1. The van der Waals surface area contributed by atoms with Gasteiger partial charge in [-0.15, -0.1) is 17.5 Å². The summed E-state index contributed by atoms with van der Waals surface area (Å²) in [4.78, 5) is 12.1. The fourth-order valence-electron chi connectivity index (χ4n) is 1.95. The molecule has 1 aromatic carbocycles. The van der Waals surface area contributed by atoms with Gasteiger partial charge in [-0.2, -0.15) is 0 Å². The van der Waals surface area contributed by atoms with E-state index >= 15 is 0 Å². The van der Waals surface area contributed by atoms with Crippen LogP contribution in [-0.4, -0.2) is 34.0 Å². The van der Waals surface area contributed by atoms with Crippen molar-refractivity contribution in [1.29, 1.82) is 0 Å². The van der Waals surface area contributed by atoms with E-state index in [0.29, 0.717) is 24.5 Å². The van der Waals surface area contributed by atoms with E-state index in [4.69, 9.17) is 5.73 Å². The lowest BCUT2D eigenvalue weighted by molar-refractivity contribution is 0.0947. The molecule has 0 saturated heterocycles. The van der Waals surface area contributed by atoms with Crippen LogP contribution in [0.1, 0.15) is 29.0 Å².